The van der Waals surface area contributed by atoms with Crippen LogP contribution in [0, 0.1) is 11.8 Å². The summed E-state index contributed by atoms with van der Waals surface area (Å²) in [7, 11) is 0. The van der Waals surface area contributed by atoms with E-state index >= 15 is 0 Å². The second-order valence-corrected chi connectivity index (χ2v) is 12.6. The molecule has 1 N–H and O–H groups in total. The highest BCUT2D eigenvalue weighted by Gasteiger charge is 2.74. The standard InChI is InChI=1S/C27H43N3O4S/c1-8-14-28(15-9-2)23(32)20-19-12-13-27(35-19)21(20)24(33)30(18(11-4)17-31)22(27)25(34)29(16-10-3)26(5,6)7/h8,10,18-22,31H,1,3,9,11-17H2,2,4-7H3/t18-,19-,20+,21-,22?,27?/m0/s1. The highest BCUT2D eigenvalue weighted by molar-refractivity contribution is 8.02. The Kier molecular flexibility index (Phi) is 8.47. The number of aliphatic hydroxyl groups is 1. The van der Waals surface area contributed by atoms with Crippen molar-refractivity contribution >= 4 is 29.5 Å². The van der Waals surface area contributed by atoms with Gasteiger partial charge in [0.1, 0.15) is 6.04 Å². The first kappa shape index (κ1) is 27.8. The van der Waals surface area contributed by atoms with E-state index in [1.165, 1.54) is 0 Å². The molecule has 6 atom stereocenters. The number of amides is 3. The molecule has 3 fully saturated rings. The molecular formula is C27H43N3O4S. The number of hydrogen-bond acceptors (Lipinski definition) is 5. The van der Waals surface area contributed by atoms with Gasteiger partial charge in [-0.2, -0.15) is 0 Å². The lowest BCUT2D eigenvalue weighted by Gasteiger charge is -2.43. The SMILES string of the molecule is C=CCN(CCC)C(=O)[C@@H]1[C@@H]2CCC3(S2)C(C(=O)N(CC=C)C(C)(C)C)N([C@@H](CC)CO)C(=O)[C@H]13. The zero-order valence-corrected chi connectivity index (χ0v) is 22.9. The topological polar surface area (TPSA) is 81.2 Å². The first-order valence-electron chi connectivity index (χ1n) is 13.0. The zero-order chi connectivity index (χ0) is 26.1. The highest BCUT2D eigenvalue weighted by atomic mass is 32.2. The van der Waals surface area contributed by atoms with Crippen LogP contribution in [-0.4, -0.2) is 91.4 Å². The number of hydrogen-bond donors (Lipinski definition) is 1. The second-order valence-electron chi connectivity index (χ2n) is 11.0. The fourth-order valence-corrected chi connectivity index (χ4v) is 8.55. The van der Waals surface area contributed by atoms with Crippen molar-refractivity contribution in [1.82, 2.24) is 14.7 Å². The maximum Gasteiger partial charge on any atom is 0.247 e. The van der Waals surface area contributed by atoms with Crippen molar-refractivity contribution in [2.75, 3.05) is 26.2 Å². The van der Waals surface area contributed by atoms with Crippen LogP contribution in [0.3, 0.4) is 0 Å². The van der Waals surface area contributed by atoms with Crippen molar-refractivity contribution in [3.05, 3.63) is 25.3 Å². The van der Waals surface area contributed by atoms with Crippen LogP contribution < -0.4 is 0 Å². The van der Waals surface area contributed by atoms with Crippen LogP contribution in [0.15, 0.2) is 25.3 Å². The van der Waals surface area contributed by atoms with E-state index in [2.05, 4.69) is 13.2 Å². The molecule has 7 nitrogen and oxygen atoms in total. The Hall–Kier alpha value is -1.80. The van der Waals surface area contributed by atoms with Crippen LogP contribution in [0.25, 0.3) is 0 Å². The number of likely N-dealkylation sites (tertiary alicyclic amines) is 1. The Morgan fingerprint density at radius 2 is 1.89 bits per heavy atom. The molecule has 8 heteroatoms. The number of carbonyl (C=O) groups is 3. The van der Waals surface area contributed by atoms with Gasteiger partial charge in [-0.1, -0.05) is 26.0 Å². The van der Waals surface area contributed by atoms with Crippen LogP contribution in [-0.2, 0) is 14.4 Å². The number of rotatable bonds is 11. The van der Waals surface area contributed by atoms with Crippen molar-refractivity contribution in [2.45, 2.75) is 87.9 Å². The van der Waals surface area contributed by atoms with Crippen LogP contribution in [0.1, 0.15) is 60.3 Å². The maximum atomic E-state index is 14.3. The van der Waals surface area contributed by atoms with Gasteiger partial charge in [-0.25, -0.2) is 0 Å². The molecule has 2 bridgehead atoms. The minimum atomic E-state index is -0.705. The Balaban J connectivity index is 2.11. The van der Waals surface area contributed by atoms with E-state index in [9.17, 15) is 19.5 Å². The van der Waals surface area contributed by atoms with E-state index in [-0.39, 0.29) is 29.6 Å². The molecule has 3 saturated heterocycles. The average Bonchev–Trinajstić information content (AvgIpc) is 3.44. The number of carbonyl (C=O) groups excluding carboxylic acids is 3. The lowest BCUT2D eigenvalue weighted by atomic mass is 9.70. The van der Waals surface area contributed by atoms with Crippen molar-refractivity contribution in [2.24, 2.45) is 11.8 Å². The van der Waals surface area contributed by atoms with Gasteiger partial charge in [0, 0.05) is 30.4 Å². The summed E-state index contributed by atoms with van der Waals surface area (Å²) in [5.74, 6) is -1.28. The molecule has 0 aromatic carbocycles. The molecule has 0 aromatic heterocycles. The van der Waals surface area contributed by atoms with Gasteiger partial charge in [-0.3, -0.25) is 14.4 Å². The average molecular weight is 506 g/mol. The Bertz CT molecular complexity index is 852. The summed E-state index contributed by atoms with van der Waals surface area (Å²) >= 11 is 1.68. The summed E-state index contributed by atoms with van der Waals surface area (Å²) in [4.78, 5) is 47.5. The molecule has 3 heterocycles. The van der Waals surface area contributed by atoms with Gasteiger partial charge in [0.15, 0.2) is 0 Å². The fourth-order valence-electron chi connectivity index (χ4n) is 6.36. The number of fused-ring (bicyclic) bond motifs is 1. The van der Waals surface area contributed by atoms with Crippen molar-refractivity contribution in [3.63, 3.8) is 0 Å². The Morgan fingerprint density at radius 1 is 1.23 bits per heavy atom. The van der Waals surface area contributed by atoms with Crippen molar-refractivity contribution in [1.29, 1.82) is 0 Å². The summed E-state index contributed by atoms with van der Waals surface area (Å²) < 4.78 is -0.654. The largest absolute Gasteiger partial charge is 0.394 e. The molecule has 3 aliphatic heterocycles. The Morgan fingerprint density at radius 3 is 2.40 bits per heavy atom. The van der Waals surface area contributed by atoms with E-state index < -0.39 is 34.2 Å². The summed E-state index contributed by atoms with van der Waals surface area (Å²) in [6, 6.07) is -1.17. The Labute approximate surface area is 215 Å². The van der Waals surface area contributed by atoms with Crippen LogP contribution >= 0.6 is 11.8 Å². The lowest BCUT2D eigenvalue weighted by Crippen LogP contribution is -2.60. The van der Waals surface area contributed by atoms with Crippen LogP contribution in [0.5, 0.6) is 0 Å². The van der Waals surface area contributed by atoms with Gasteiger partial charge in [0.25, 0.3) is 0 Å². The minimum absolute atomic E-state index is 0.00644. The van der Waals surface area contributed by atoms with E-state index in [0.29, 0.717) is 26.1 Å². The van der Waals surface area contributed by atoms with Gasteiger partial charge in [-0.15, -0.1) is 24.9 Å². The number of aliphatic hydroxyl groups excluding tert-OH is 1. The predicted molar refractivity (Wildman–Crippen MR) is 141 cm³/mol. The second kappa shape index (κ2) is 10.7. The highest BCUT2D eigenvalue weighted by Crippen LogP contribution is 2.67. The summed E-state index contributed by atoms with van der Waals surface area (Å²) in [6.07, 6.45) is 6.34. The zero-order valence-electron chi connectivity index (χ0n) is 22.0. The molecule has 3 rings (SSSR count). The summed E-state index contributed by atoms with van der Waals surface area (Å²) in [6.45, 7) is 18.8. The van der Waals surface area contributed by atoms with Crippen LogP contribution in [0.4, 0.5) is 0 Å². The molecule has 3 aliphatic rings. The third-order valence-electron chi connectivity index (χ3n) is 7.87. The van der Waals surface area contributed by atoms with Gasteiger partial charge in [0.2, 0.25) is 17.7 Å². The quantitative estimate of drug-likeness (QED) is 0.437. The fraction of sp³-hybridized carbons (Fsp3) is 0.741. The molecule has 0 saturated carbocycles. The molecule has 35 heavy (non-hydrogen) atoms. The molecule has 2 unspecified atom stereocenters. The first-order valence-corrected chi connectivity index (χ1v) is 13.8. The smallest absolute Gasteiger partial charge is 0.247 e. The molecule has 196 valence electrons. The lowest BCUT2D eigenvalue weighted by molar-refractivity contribution is -0.148. The number of thioether (sulfide) groups is 1. The molecule has 3 amide bonds. The first-order chi connectivity index (χ1) is 16.5. The molecule has 0 aromatic rings. The minimum Gasteiger partial charge on any atom is -0.394 e. The maximum absolute atomic E-state index is 14.3. The van der Waals surface area contributed by atoms with Gasteiger partial charge >= 0.3 is 0 Å². The number of nitrogens with zero attached hydrogens (tertiary/aromatic N) is 3. The molecule has 1 spiro atoms. The van der Waals surface area contributed by atoms with Gasteiger partial charge in [0.05, 0.1) is 29.2 Å². The normalized spacial score (nSPS) is 30.2. The van der Waals surface area contributed by atoms with E-state index in [4.69, 9.17) is 0 Å². The van der Waals surface area contributed by atoms with E-state index in [1.54, 1.807) is 33.7 Å². The van der Waals surface area contributed by atoms with Gasteiger partial charge < -0.3 is 19.8 Å². The monoisotopic (exact) mass is 505 g/mol. The summed E-state index contributed by atoms with van der Waals surface area (Å²) in [5, 5.41) is 10.2. The third kappa shape index (κ3) is 4.57. The van der Waals surface area contributed by atoms with E-state index in [0.717, 1.165) is 19.3 Å². The summed E-state index contributed by atoms with van der Waals surface area (Å²) in [5.41, 5.74) is -0.464. The van der Waals surface area contributed by atoms with Crippen molar-refractivity contribution in [3.8, 4) is 0 Å². The molecule has 0 radical (unpaired) electrons. The van der Waals surface area contributed by atoms with Crippen LogP contribution in [0.2, 0.25) is 0 Å². The van der Waals surface area contributed by atoms with Gasteiger partial charge in [-0.05, 0) is 46.5 Å². The van der Waals surface area contributed by atoms with E-state index in [1.807, 2.05) is 39.5 Å². The molecular weight excluding hydrogens is 462 g/mol. The van der Waals surface area contributed by atoms with Crippen molar-refractivity contribution < 1.29 is 19.5 Å². The molecule has 0 aliphatic carbocycles. The predicted octanol–water partition coefficient (Wildman–Crippen LogP) is 3.09. The third-order valence-corrected chi connectivity index (χ3v) is 9.83.